The highest BCUT2D eigenvalue weighted by Crippen LogP contribution is 2.33. The summed E-state index contributed by atoms with van der Waals surface area (Å²) >= 11 is 1.42. The Balaban J connectivity index is 1.34. The first-order valence-electron chi connectivity index (χ1n) is 10.8. The molecule has 4 heterocycles. The van der Waals surface area contributed by atoms with Crippen molar-refractivity contribution in [2.24, 2.45) is 0 Å². The molecule has 6 rings (SSSR count). The maximum absolute atomic E-state index is 11.4. The number of carbonyl (C=O) groups is 1. The Bertz CT molecular complexity index is 1340. The van der Waals surface area contributed by atoms with Gasteiger partial charge >= 0.3 is 5.97 Å². The molecular formula is C24H21N5O3S. The molecule has 9 heteroatoms. The average molecular weight is 460 g/mol. The zero-order chi connectivity index (χ0) is 22.4. The van der Waals surface area contributed by atoms with E-state index < -0.39 is 5.97 Å². The van der Waals surface area contributed by atoms with Crippen molar-refractivity contribution >= 4 is 44.8 Å². The molecule has 0 aliphatic carbocycles. The maximum Gasteiger partial charge on any atom is 0.335 e. The summed E-state index contributed by atoms with van der Waals surface area (Å²) in [4.78, 5) is 28.3. The number of thiazole rings is 1. The van der Waals surface area contributed by atoms with Crippen LogP contribution in [0, 0.1) is 0 Å². The number of aromatic carboxylic acids is 1. The third-order valence-electron chi connectivity index (χ3n) is 6.08. The van der Waals surface area contributed by atoms with Crippen molar-refractivity contribution in [1.29, 1.82) is 0 Å². The number of aromatic nitrogens is 3. The second-order valence-electron chi connectivity index (χ2n) is 8.33. The summed E-state index contributed by atoms with van der Waals surface area (Å²) in [6.45, 7) is 1.82. The first-order valence-corrected chi connectivity index (χ1v) is 11.7. The Hall–Kier alpha value is -3.56. The van der Waals surface area contributed by atoms with Gasteiger partial charge < -0.3 is 20.1 Å². The van der Waals surface area contributed by atoms with Crippen molar-refractivity contribution in [3.63, 3.8) is 0 Å². The summed E-state index contributed by atoms with van der Waals surface area (Å²) in [7, 11) is 0. The molecule has 2 atom stereocenters. The fourth-order valence-corrected chi connectivity index (χ4v) is 5.17. The summed E-state index contributed by atoms with van der Waals surface area (Å²) in [6.07, 6.45) is 2.91. The van der Waals surface area contributed by atoms with Crippen LogP contribution in [0.15, 0.2) is 54.0 Å². The van der Waals surface area contributed by atoms with E-state index in [4.69, 9.17) is 9.72 Å². The van der Waals surface area contributed by atoms with Gasteiger partial charge in [-0.2, -0.15) is 0 Å². The number of hydrogen-bond acceptors (Lipinski definition) is 8. The van der Waals surface area contributed by atoms with Crippen molar-refractivity contribution in [3.8, 4) is 11.4 Å². The molecule has 166 valence electrons. The third-order valence-corrected chi connectivity index (χ3v) is 6.80. The van der Waals surface area contributed by atoms with Gasteiger partial charge in [-0.25, -0.2) is 19.7 Å². The minimum absolute atomic E-state index is 0.196. The minimum Gasteiger partial charge on any atom is -0.478 e. The van der Waals surface area contributed by atoms with Crippen LogP contribution >= 0.6 is 11.3 Å². The van der Waals surface area contributed by atoms with Gasteiger partial charge in [0.1, 0.15) is 10.3 Å². The summed E-state index contributed by atoms with van der Waals surface area (Å²) in [5.74, 6) is 0.0665. The maximum atomic E-state index is 11.4. The van der Waals surface area contributed by atoms with Crippen molar-refractivity contribution in [3.05, 3.63) is 59.6 Å². The molecule has 2 unspecified atom stereocenters. The van der Waals surface area contributed by atoms with E-state index >= 15 is 0 Å². The summed E-state index contributed by atoms with van der Waals surface area (Å²) < 4.78 is 5.97. The number of fused-ring (bicyclic) bond motifs is 3. The molecule has 2 aromatic heterocycles. The molecule has 2 bridgehead atoms. The Labute approximate surface area is 193 Å². The smallest absolute Gasteiger partial charge is 0.335 e. The fraction of sp³-hybridized carbons (Fsp3) is 0.250. The number of nitrogens with one attached hydrogen (secondary N) is 1. The predicted octanol–water partition coefficient (Wildman–Crippen LogP) is 4.56. The van der Waals surface area contributed by atoms with E-state index in [1.54, 1.807) is 23.7 Å². The molecule has 2 N–H and O–H groups in total. The number of morpholine rings is 1. The molecule has 0 amide bonds. The Morgan fingerprint density at radius 2 is 1.91 bits per heavy atom. The van der Waals surface area contributed by atoms with Crippen molar-refractivity contribution < 1.29 is 14.6 Å². The third kappa shape index (κ3) is 3.90. The minimum atomic E-state index is -0.984. The van der Waals surface area contributed by atoms with E-state index in [9.17, 15) is 9.90 Å². The van der Waals surface area contributed by atoms with Gasteiger partial charge in [0.05, 0.1) is 23.3 Å². The largest absolute Gasteiger partial charge is 0.478 e. The number of carboxylic acids is 1. The van der Waals surface area contributed by atoms with Crippen LogP contribution in [0.25, 0.3) is 21.7 Å². The van der Waals surface area contributed by atoms with E-state index in [1.165, 1.54) is 11.3 Å². The van der Waals surface area contributed by atoms with Crippen molar-refractivity contribution in [1.82, 2.24) is 15.0 Å². The topological polar surface area (TPSA) is 100 Å². The summed E-state index contributed by atoms with van der Waals surface area (Å²) in [5, 5.41) is 12.8. The Morgan fingerprint density at radius 3 is 2.73 bits per heavy atom. The van der Waals surface area contributed by atoms with Crippen LogP contribution < -0.4 is 10.2 Å². The first-order chi connectivity index (χ1) is 16.1. The van der Waals surface area contributed by atoms with Crippen molar-refractivity contribution in [2.45, 2.75) is 25.0 Å². The van der Waals surface area contributed by atoms with Crippen LogP contribution in [0.5, 0.6) is 0 Å². The highest BCUT2D eigenvalue weighted by Gasteiger charge is 2.33. The fourth-order valence-electron chi connectivity index (χ4n) is 4.51. The lowest BCUT2D eigenvalue weighted by Gasteiger charge is -2.34. The Morgan fingerprint density at radius 1 is 1.09 bits per heavy atom. The highest BCUT2D eigenvalue weighted by molar-refractivity contribution is 7.16. The second kappa shape index (κ2) is 8.09. The number of rotatable bonds is 5. The second-order valence-corrected chi connectivity index (χ2v) is 9.16. The number of nitrogens with zero attached hydrogens (tertiary/aromatic N) is 4. The molecule has 2 fully saturated rings. The van der Waals surface area contributed by atoms with Crippen LogP contribution in [0.4, 0.5) is 17.2 Å². The molecule has 2 saturated heterocycles. The van der Waals surface area contributed by atoms with Crippen LogP contribution in [-0.2, 0) is 4.74 Å². The molecular weight excluding hydrogens is 438 g/mol. The van der Waals surface area contributed by atoms with Crippen LogP contribution in [-0.4, -0.2) is 51.3 Å². The van der Waals surface area contributed by atoms with Gasteiger partial charge in [0, 0.05) is 30.0 Å². The molecule has 0 spiro atoms. The monoisotopic (exact) mass is 459 g/mol. The quantitative estimate of drug-likeness (QED) is 0.448. The lowest BCUT2D eigenvalue weighted by Crippen LogP contribution is -2.42. The van der Waals surface area contributed by atoms with Gasteiger partial charge in [0.2, 0.25) is 0 Å². The number of anilines is 3. The number of carboxylic acid groups (broad SMARTS) is 1. The summed E-state index contributed by atoms with van der Waals surface area (Å²) in [5.41, 5.74) is 5.32. The average Bonchev–Trinajstić information content (AvgIpc) is 3.45. The summed E-state index contributed by atoms with van der Waals surface area (Å²) in [6, 6.07) is 14.9. The SMILES string of the molecule is O=C(O)c1cccc(-c2nc(Nc3cccc(N4CC5CCC(C4)O5)c3)c3ncsc3n2)c1. The normalized spacial score (nSPS) is 19.7. The molecule has 0 radical (unpaired) electrons. The van der Waals surface area contributed by atoms with Crippen molar-refractivity contribution in [2.75, 3.05) is 23.3 Å². The lowest BCUT2D eigenvalue weighted by atomic mass is 10.1. The van der Waals surface area contributed by atoms with E-state index in [1.807, 2.05) is 18.2 Å². The molecule has 0 saturated carbocycles. The first kappa shape index (κ1) is 20.1. The lowest BCUT2D eigenvalue weighted by molar-refractivity contribution is 0.0305. The van der Waals surface area contributed by atoms with E-state index in [0.717, 1.165) is 42.1 Å². The van der Waals surface area contributed by atoms with Crippen LogP contribution in [0.1, 0.15) is 23.2 Å². The van der Waals surface area contributed by atoms with Gasteiger partial charge in [-0.05, 0) is 43.2 Å². The van der Waals surface area contributed by atoms with E-state index in [0.29, 0.717) is 34.9 Å². The van der Waals surface area contributed by atoms with Crippen LogP contribution in [0.3, 0.4) is 0 Å². The molecule has 2 aliphatic rings. The van der Waals surface area contributed by atoms with Gasteiger partial charge in [-0.3, -0.25) is 0 Å². The predicted molar refractivity (Wildman–Crippen MR) is 127 cm³/mol. The van der Waals surface area contributed by atoms with E-state index in [-0.39, 0.29) is 5.56 Å². The van der Waals surface area contributed by atoms with Crippen LogP contribution in [0.2, 0.25) is 0 Å². The Kier molecular flexibility index (Phi) is 4.92. The highest BCUT2D eigenvalue weighted by atomic mass is 32.1. The zero-order valence-electron chi connectivity index (χ0n) is 17.6. The zero-order valence-corrected chi connectivity index (χ0v) is 18.5. The molecule has 2 aliphatic heterocycles. The van der Waals surface area contributed by atoms with E-state index in [2.05, 4.69) is 32.3 Å². The van der Waals surface area contributed by atoms with Gasteiger partial charge in [-0.15, -0.1) is 11.3 Å². The number of hydrogen-bond donors (Lipinski definition) is 2. The molecule has 33 heavy (non-hydrogen) atoms. The van der Waals surface area contributed by atoms with Gasteiger partial charge in [0.15, 0.2) is 11.6 Å². The molecule has 2 aromatic carbocycles. The standard InChI is InChI=1S/C24H21N5O3S/c30-24(31)15-4-1-3-14(9-15)21-27-22(20-23(28-21)33-13-25-20)26-16-5-2-6-17(10-16)29-11-18-7-8-19(12-29)32-18/h1-6,9-10,13,18-19H,7-8,11-12H2,(H,30,31)(H,26,27,28). The van der Waals surface area contributed by atoms with Gasteiger partial charge in [-0.1, -0.05) is 18.2 Å². The molecule has 8 nitrogen and oxygen atoms in total. The molecule has 4 aromatic rings. The number of ether oxygens (including phenoxy) is 1. The number of benzene rings is 2. The van der Waals surface area contributed by atoms with Gasteiger partial charge in [0.25, 0.3) is 0 Å².